The highest BCUT2D eigenvalue weighted by atomic mass is 16.4. The second-order valence-corrected chi connectivity index (χ2v) is 4.55. The molecule has 0 bridgehead atoms. The first-order valence-electron chi connectivity index (χ1n) is 6.46. The number of phenolic OH excluding ortho intramolecular Hbond substituents is 1. The zero-order valence-corrected chi connectivity index (χ0v) is 11.0. The first-order valence-corrected chi connectivity index (χ1v) is 6.46. The maximum atomic E-state index is 11.3. The number of carboxylic acid groups (broad SMARTS) is 1. The number of nitrogens with one attached hydrogen (secondary N) is 1. The lowest BCUT2D eigenvalue weighted by Gasteiger charge is -2.14. The van der Waals surface area contributed by atoms with E-state index in [4.69, 9.17) is 0 Å². The molecule has 0 amide bonds. The smallest absolute Gasteiger partial charge is 0.325 e. The number of rotatable bonds is 6. The van der Waals surface area contributed by atoms with Crippen molar-refractivity contribution in [2.75, 3.05) is 6.54 Å². The second kappa shape index (κ2) is 6.73. The van der Waals surface area contributed by atoms with Gasteiger partial charge in [-0.3, -0.25) is 4.79 Å². The molecular formula is C16H17NO3. The summed E-state index contributed by atoms with van der Waals surface area (Å²) in [6.45, 7) is 0.552. The van der Waals surface area contributed by atoms with Crippen molar-refractivity contribution >= 4 is 5.97 Å². The van der Waals surface area contributed by atoms with Gasteiger partial charge in [-0.15, -0.1) is 0 Å². The minimum Gasteiger partial charge on any atom is -0.508 e. The summed E-state index contributed by atoms with van der Waals surface area (Å²) in [7, 11) is 0. The van der Waals surface area contributed by atoms with Crippen LogP contribution in [0.25, 0.3) is 0 Å². The molecule has 4 nitrogen and oxygen atoms in total. The number of carbonyl (C=O) groups is 1. The van der Waals surface area contributed by atoms with Gasteiger partial charge < -0.3 is 15.5 Å². The third-order valence-electron chi connectivity index (χ3n) is 3.08. The van der Waals surface area contributed by atoms with Crippen molar-refractivity contribution in [1.29, 1.82) is 0 Å². The molecule has 0 radical (unpaired) electrons. The third-order valence-corrected chi connectivity index (χ3v) is 3.08. The molecule has 0 aliphatic carbocycles. The maximum absolute atomic E-state index is 11.3. The number of benzene rings is 2. The summed E-state index contributed by atoms with van der Waals surface area (Å²) >= 11 is 0. The predicted octanol–water partition coefficient (Wildman–Crippen LogP) is 2.35. The van der Waals surface area contributed by atoms with Crippen molar-refractivity contribution in [3.63, 3.8) is 0 Å². The second-order valence-electron chi connectivity index (χ2n) is 4.55. The van der Waals surface area contributed by atoms with Gasteiger partial charge in [0.25, 0.3) is 0 Å². The molecule has 0 aliphatic rings. The van der Waals surface area contributed by atoms with Gasteiger partial charge in [0.2, 0.25) is 0 Å². The van der Waals surface area contributed by atoms with E-state index in [1.54, 1.807) is 24.3 Å². The SMILES string of the molecule is O=C(O)C(NCCc1ccc(O)cc1)c1ccccc1. The van der Waals surface area contributed by atoms with Gasteiger partial charge in [0.1, 0.15) is 11.8 Å². The Labute approximate surface area is 117 Å². The van der Waals surface area contributed by atoms with Crippen LogP contribution in [0.4, 0.5) is 0 Å². The van der Waals surface area contributed by atoms with Crippen LogP contribution in [0.3, 0.4) is 0 Å². The Morgan fingerprint density at radius 3 is 2.30 bits per heavy atom. The van der Waals surface area contributed by atoms with Crippen molar-refractivity contribution in [1.82, 2.24) is 5.32 Å². The molecule has 1 unspecified atom stereocenters. The van der Waals surface area contributed by atoms with Gasteiger partial charge in [-0.2, -0.15) is 0 Å². The van der Waals surface area contributed by atoms with E-state index in [1.165, 1.54) is 0 Å². The van der Waals surface area contributed by atoms with E-state index in [2.05, 4.69) is 5.32 Å². The molecule has 2 aromatic rings. The van der Waals surface area contributed by atoms with Crippen molar-refractivity contribution in [3.05, 3.63) is 65.7 Å². The lowest BCUT2D eigenvalue weighted by Crippen LogP contribution is -2.30. The molecular weight excluding hydrogens is 254 g/mol. The molecule has 0 fully saturated rings. The zero-order chi connectivity index (χ0) is 14.4. The number of aromatic hydroxyl groups is 1. The molecule has 0 aromatic heterocycles. The number of phenols is 1. The minimum absolute atomic E-state index is 0.231. The Balaban J connectivity index is 1.93. The number of aliphatic carboxylic acids is 1. The zero-order valence-electron chi connectivity index (χ0n) is 11.0. The van der Waals surface area contributed by atoms with Crippen LogP contribution in [0.15, 0.2) is 54.6 Å². The Hall–Kier alpha value is -2.33. The fourth-order valence-electron chi connectivity index (χ4n) is 2.02. The summed E-state index contributed by atoms with van der Waals surface area (Å²) in [6.07, 6.45) is 0.705. The van der Waals surface area contributed by atoms with Crippen LogP contribution < -0.4 is 5.32 Å². The number of carboxylic acids is 1. The van der Waals surface area contributed by atoms with Gasteiger partial charge in [0.05, 0.1) is 0 Å². The van der Waals surface area contributed by atoms with Gasteiger partial charge in [0, 0.05) is 6.54 Å². The third kappa shape index (κ3) is 3.83. The molecule has 2 rings (SSSR count). The van der Waals surface area contributed by atoms with Crippen LogP contribution in [0.1, 0.15) is 17.2 Å². The van der Waals surface area contributed by atoms with E-state index < -0.39 is 12.0 Å². The summed E-state index contributed by atoms with van der Waals surface area (Å²) in [4.78, 5) is 11.3. The summed E-state index contributed by atoms with van der Waals surface area (Å²) in [5.41, 5.74) is 1.79. The lowest BCUT2D eigenvalue weighted by molar-refractivity contribution is -0.139. The molecule has 0 saturated carbocycles. The van der Waals surface area contributed by atoms with Gasteiger partial charge in [-0.05, 0) is 29.7 Å². The van der Waals surface area contributed by atoms with E-state index in [1.807, 2.05) is 30.3 Å². The molecule has 3 N–H and O–H groups in total. The molecule has 4 heteroatoms. The highest BCUT2D eigenvalue weighted by Crippen LogP contribution is 2.13. The van der Waals surface area contributed by atoms with Crippen LogP contribution in [0.2, 0.25) is 0 Å². The Morgan fingerprint density at radius 1 is 1.05 bits per heavy atom. The number of hydrogen-bond acceptors (Lipinski definition) is 3. The molecule has 20 heavy (non-hydrogen) atoms. The summed E-state index contributed by atoms with van der Waals surface area (Å²) in [6, 6.07) is 15.3. The average molecular weight is 271 g/mol. The van der Waals surface area contributed by atoms with Crippen LogP contribution >= 0.6 is 0 Å². The summed E-state index contributed by atoms with van der Waals surface area (Å²) < 4.78 is 0. The first kappa shape index (κ1) is 14.1. The topological polar surface area (TPSA) is 69.6 Å². The molecule has 0 spiro atoms. The Kier molecular flexibility index (Phi) is 4.74. The van der Waals surface area contributed by atoms with E-state index in [0.717, 1.165) is 11.1 Å². The maximum Gasteiger partial charge on any atom is 0.325 e. The molecule has 0 saturated heterocycles. The minimum atomic E-state index is -0.887. The summed E-state index contributed by atoms with van der Waals surface area (Å²) in [5, 5.41) is 21.5. The fourth-order valence-corrected chi connectivity index (χ4v) is 2.02. The largest absolute Gasteiger partial charge is 0.508 e. The van der Waals surface area contributed by atoms with Crippen LogP contribution in [0.5, 0.6) is 5.75 Å². The Bertz CT molecular complexity index is 552. The van der Waals surface area contributed by atoms with Gasteiger partial charge >= 0.3 is 5.97 Å². The van der Waals surface area contributed by atoms with E-state index >= 15 is 0 Å². The van der Waals surface area contributed by atoms with Gasteiger partial charge in [-0.25, -0.2) is 0 Å². The predicted molar refractivity (Wildman–Crippen MR) is 76.6 cm³/mol. The van der Waals surface area contributed by atoms with Crippen molar-refractivity contribution in [2.24, 2.45) is 0 Å². The van der Waals surface area contributed by atoms with Gasteiger partial charge in [-0.1, -0.05) is 42.5 Å². The molecule has 1 atom stereocenters. The quantitative estimate of drug-likeness (QED) is 0.754. The highest BCUT2D eigenvalue weighted by molar-refractivity contribution is 5.75. The number of hydrogen-bond donors (Lipinski definition) is 3. The molecule has 0 aliphatic heterocycles. The van der Waals surface area contributed by atoms with Crippen molar-refractivity contribution in [2.45, 2.75) is 12.5 Å². The molecule has 2 aromatic carbocycles. The van der Waals surface area contributed by atoms with E-state index in [-0.39, 0.29) is 5.75 Å². The lowest BCUT2D eigenvalue weighted by atomic mass is 10.1. The van der Waals surface area contributed by atoms with Crippen molar-refractivity contribution in [3.8, 4) is 5.75 Å². The monoisotopic (exact) mass is 271 g/mol. The normalized spacial score (nSPS) is 12.0. The van der Waals surface area contributed by atoms with E-state index in [9.17, 15) is 15.0 Å². The highest BCUT2D eigenvalue weighted by Gasteiger charge is 2.18. The van der Waals surface area contributed by atoms with Crippen LogP contribution in [-0.4, -0.2) is 22.7 Å². The van der Waals surface area contributed by atoms with Crippen LogP contribution in [-0.2, 0) is 11.2 Å². The Morgan fingerprint density at radius 2 is 1.70 bits per heavy atom. The van der Waals surface area contributed by atoms with Crippen molar-refractivity contribution < 1.29 is 15.0 Å². The van der Waals surface area contributed by atoms with E-state index in [0.29, 0.717) is 13.0 Å². The molecule has 104 valence electrons. The average Bonchev–Trinajstić information content (AvgIpc) is 2.46. The molecule has 0 heterocycles. The summed E-state index contributed by atoms with van der Waals surface area (Å²) in [5.74, 6) is -0.656. The first-order chi connectivity index (χ1) is 9.66. The van der Waals surface area contributed by atoms with Crippen LogP contribution in [0, 0.1) is 0 Å². The standard InChI is InChI=1S/C16H17NO3/c18-14-8-6-12(7-9-14)10-11-17-15(16(19)20)13-4-2-1-3-5-13/h1-9,15,17-18H,10-11H2,(H,19,20). The fraction of sp³-hybridized carbons (Fsp3) is 0.188. The van der Waals surface area contributed by atoms with Gasteiger partial charge in [0.15, 0.2) is 0 Å².